The van der Waals surface area contributed by atoms with Gasteiger partial charge in [0, 0.05) is 33.1 Å². The van der Waals surface area contributed by atoms with E-state index in [0.29, 0.717) is 11.3 Å². The predicted molar refractivity (Wildman–Crippen MR) is 77.2 cm³/mol. The quantitative estimate of drug-likeness (QED) is 0.813. The third-order valence-corrected chi connectivity index (χ3v) is 3.40. The highest BCUT2D eigenvalue weighted by molar-refractivity contribution is 6.20. The van der Waals surface area contributed by atoms with Gasteiger partial charge in [-0.2, -0.15) is 0 Å². The Bertz CT molecular complexity index is 682. The fraction of sp³-hybridized carbons (Fsp3) is 0.429. The van der Waals surface area contributed by atoms with E-state index >= 15 is 0 Å². The molecule has 114 valence electrons. The highest BCUT2D eigenvalue weighted by Crippen LogP contribution is 2.27. The van der Waals surface area contributed by atoms with Crippen molar-refractivity contribution >= 4 is 28.5 Å². The van der Waals surface area contributed by atoms with Crippen molar-refractivity contribution in [3.63, 3.8) is 0 Å². The van der Waals surface area contributed by atoms with Crippen LogP contribution in [0, 0.1) is 11.6 Å². The molecule has 4 nitrogen and oxygen atoms in total. The molecule has 0 spiro atoms. The van der Waals surface area contributed by atoms with Crippen LogP contribution < -0.4 is 0 Å². The number of rotatable bonds is 4. The molecule has 0 N–H and O–H groups in total. The molecule has 7 heteroatoms. The molecule has 0 aliphatic heterocycles. The van der Waals surface area contributed by atoms with Gasteiger partial charge >= 0.3 is 0 Å². The minimum Gasteiger partial charge on any atom is -0.349 e. The van der Waals surface area contributed by atoms with E-state index in [1.54, 1.807) is 25.6 Å². The number of carbonyl (C=O) groups excluding carboxylic acids is 1. The number of aromatic nitrogens is 2. The number of fused-ring (bicyclic) bond motifs is 1. The van der Waals surface area contributed by atoms with Crippen LogP contribution in [0.4, 0.5) is 8.78 Å². The molecule has 0 aliphatic carbocycles. The van der Waals surface area contributed by atoms with Crippen LogP contribution in [0.25, 0.3) is 11.0 Å². The Morgan fingerprint density at radius 2 is 2.10 bits per heavy atom. The molecule has 2 aromatic rings. The summed E-state index contributed by atoms with van der Waals surface area (Å²) in [4.78, 5) is 17.3. The third kappa shape index (κ3) is 3.15. The fourth-order valence-corrected chi connectivity index (χ4v) is 2.30. The first-order valence-corrected chi connectivity index (χ1v) is 6.94. The molecule has 2 rings (SSSR count). The van der Waals surface area contributed by atoms with Gasteiger partial charge in [0.2, 0.25) is 5.91 Å². The first kappa shape index (κ1) is 15.7. The number of carbonyl (C=O) groups is 1. The summed E-state index contributed by atoms with van der Waals surface area (Å²) in [5.41, 5.74) is 0.373. The Morgan fingerprint density at radius 1 is 1.43 bits per heavy atom. The number of nitrogens with zero attached hydrogens (tertiary/aromatic N) is 3. The number of hydrogen-bond donors (Lipinski definition) is 0. The Morgan fingerprint density at radius 3 is 2.67 bits per heavy atom. The average molecular weight is 316 g/mol. The molecule has 0 fully saturated rings. The maximum Gasteiger partial charge on any atom is 0.223 e. The molecule has 0 aliphatic rings. The third-order valence-electron chi connectivity index (χ3n) is 3.21. The molecule has 1 heterocycles. The predicted octanol–water partition coefficient (Wildman–Crippen LogP) is 3.09. The molecule has 0 radical (unpaired) electrons. The van der Waals surface area contributed by atoms with Crippen molar-refractivity contribution in [1.82, 2.24) is 14.5 Å². The second-order valence-corrected chi connectivity index (χ2v) is 5.69. The monoisotopic (exact) mass is 315 g/mol. The summed E-state index contributed by atoms with van der Waals surface area (Å²) in [6, 6.07) is 1.99. The molecule has 21 heavy (non-hydrogen) atoms. The number of aryl methyl sites for hydroxylation is 1. The van der Waals surface area contributed by atoms with Crippen LogP contribution in [0.3, 0.4) is 0 Å². The molecular formula is C14H16ClF2N3O. The van der Waals surface area contributed by atoms with E-state index in [4.69, 9.17) is 11.6 Å². The standard InChI is InChI=1S/C14H16ClF2N3O/c1-8(15)14-18-13-10(17)6-9(16)7-11(13)20(14)5-4-12(21)19(2)3/h6-8H,4-5H2,1-3H3. The number of imidazole rings is 1. The normalized spacial score (nSPS) is 12.7. The molecule has 0 saturated heterocycles. The Balaban J connectivity index is 2.48. The minimum absolute atomic E-state index is 0.0659. The van der Waals surface area contributed by atoms with Gasteiger partial charge in [0.05, 0.1) is 10.9 Å². The van der Waals surface area contributed by atoms with Crippen molar-refractivity contribution in [2.45, 2.75) is 25.3 Å². The van der Waals surface area contributed by atoms with E-state index in [0.717, 1.165) is 6.07 Å². The van der Waals surface area contributed by atoms with Gasteiger partial charge < -0.3 is 9.47 Å². The first-order chi connectivity index (χ1) is 9.81. The largest absolute Gasteiger partial charge is 0.349 e. The lowest BCUT2D eigenvalue weighted by Gasteiger charge is -2.13. The van der Waals surface area contributed by atoms with E-state index in [-0.39, 0.29) is 24.4 Å². The Kier molecular flexibility index (Phi) is 4.46. The summed E-state index contributed by atoms with van der Waals surface area (Å²) in [6.45, 7) is 1.96. The second-order valence-electron chi connectivity index (χ2n) is 5.03. The lowest BCUT2D eigenvalue weighted by molar-refractivity contribution is -0.128. The van der Waals surface area contributed by atoms with Crippen molar-refractivity contribution in [2.75, 3.05) is 14.1 Å². The zero-order valence-electron chi connectivity index (χ0n) is 12.0. The Labute approximate surface area is 126 Å². The van der Waals surface area contributed by atoms with Crippen molar-refractivity contribution < 1.29 is 13.6 Å². The summed E-state index contributed by atoms with van der Waals surface area (Å²) >= 11 is 6.05. The number of alkyl halides is 1. The molecule has 1 amide bonds. The summed E-state index contributed by atoms with van der Waals surface area (Å²) < 4.78 is 28.8. The minimum atomic E-state index is -0.735. The molecule has 1 unspecified atom stereocenters. The zero-order chi connectivity index (χ0) is 15.7. The van der Waals surface area contributed by atoms with Gasteiger partial charge in [0.15, 0.2) is 5.82 Å². The summed E-state index contributed by atoms with van der Waals surface area (Å²) in [7, 11) is 3.30. The number of halogens is 3. The molecule has 1 aromatic heterocycles. The highest BCUT2D eigenvalue weighted by atomic mass is 35.5. The van der Waals surface area contributed by atoms with Crippen LogP contribution in [-0.4, -0.2) is 34.5 Å². The molecule has 1 aromatic carbocycles. The average Bonchev–Trinajstić information content (AvgIpc) is 2.74. The number of benzene rings is 1. The van der Waals surface area contributed by atoms with Gasteiger partial charge in [0.25, 0.3) is 0 Å². The molecule has 0 bridgehead atoms. The van der Waals surface area contributed by atoms with E-state index in [1.165, 1.54) is 11.0 Å². The lowest BCUT2D eigenvalue weighted by atomic mass is 10.3. The molecular weight excluding hydrogens is 300 g/mol. The van der Waals surface area contributed by atoms with Gasteiger partial charge in [-0.25, -0.2) is 13.8 Å². The van der Waals surface area contributed by atoms with E-state index in [1.807, 2.05) is 0 Å². The van der Waals surface area contributed by atoms with Crippen molar-refractivity contribution in [3.8, 4) is 0 Å². The van der Waals surface area contributed by atoms with Crippen LogP contribution in [0.2, 0.25) is 0 Å². The smallest absolute Gasteiger partial charge is 0.223 e. The van der Waals surface area contributed by atoms with E-state index in [9.17, 15) is 13.6 Å². The first-order valence-electron chi connectivity index (χ1n) is 6.50. The lowest BCUT2D eigenvalue weighted by Crippen LogP contribution is -2.23. The van der Waals surface area contributed by atoms with E-state index < -0.39 is 17.0 Å². The molecule has 1 atom stereocenters. The van der Waals surface area contributed by atoms with Crippen molar-refractivity contribution in [3.05, 3.63) is 29.6 Å². The summed E-state index contributed by atoms with van der Waals surface area (Å²) in [6.07, 6.45) is 0.202. The fourth-order valence-electron chi connectivity index (χ4n) is 2.14. The summed E-state index contributed by atoms with van der Waals surface area (Å²) in [5, 5.41) is -0.477. The van der Waals surface area contributed by atoms with Gasteiger partial charge in [-0.3, -0.25) is 4.79 Å². The van der Waals surface area contributed by atoms with Gasteiger partial charge in [-0.1, -0.05) is 0 Å². The highest BCUT2D eigenvalue weighted by Gasteiger charge is 2.19. The van der Waals surface area contributed by atoms with Gasteiger partial charge in [-0.15, -0.1) is 11.6 Å². The maximum atomic E-state index is 13.8. The van der Waals surface area contributed by atoms with Crippen LogP contribution in [0.1, 0.15) is 24.5 Å². The zero-order valence-corrected chi connectivity index (χ0v) is 12.8. The van der Waals surface area contributed by atoms with Crippen LogP contribution >= 0.6 is 11.6 Å². The van der Waals surface area contributed by atoms with Gasteiger partial charge in [-0.05, 0) is 13.0 Å². The SMILES string of the molecule is CC(Cl)c1nc2c(F)cc(F)cc2n1CCC(=O)N(C)C. The second kappa shape index (κ2) is 5.97. The van der Waals surface area contributed by atoms with Crippen LogP contribution in [0.15, 0.2) is 12.1 Å². The van der Waals surface area contributed by atoms with Crippen molar-refractivity contribution in [1.29, 1.82) is 0 Å². The molecule has 0 saturated carbocycles. The topological polar surface area (TPSA) is 38.1 Å². The summed E-state index contributed by atoms with van der Waals surface area (Å²) in [5.74, 6) is -1.08. The Hall–Kier alpha value is -1.69. The van der Waals surface area contributed by atoms with Crippen LogP contribution in [0.5, 0.6) is 0 Å². The van der Waals surface area contributed by atoms with Crippen molar-refractivity contribution in [2.24, 2.45) is 0 Å². The number of hydrogen-bond acceptors (Lipinski definition) is 2. The van der Waals surface area contributed by atoms with E-state index in [2.05, 4.69) is 4.98 Å². The van der Waals surface area contributed by atoms with Crippen LogP contribution in [-0.2, 0) is 11.3 Å². The number of amides is 1. The van der Waals surface area contributed by atoms with Gasteiger partial charge in [0.1, 0.15) is 17.2 Å². The maximum absolute atomic E-state index is 13.8.